The predicted molar refractivity (Wildman–Crippen MR) is 67.7 cm³/mol. The molecule has 0 radical (unpaired) electrons. The lowest BCUT2D eigenvalue weighted by Gasteiger charge is -2.15. The van der Waals surface area contributed by atoms with Gasteiger partial charge in [-0.1, -0.05) is 13.8 Å². The second-order valence-corrected chi connectivity index (χ2v) is 4.62. The standard InChI is InChI=1S/C12H20N4O/c1-8(2)6-13-12(17)10(4)15-11-5-9(3)7-14-16-11/h5,7-8,10H,6H2,1-4H3,(H,13,17)(H,15,16). The van der Waals surface area contributed by atoms with Crippen molar-refractivity contribution in [3.05, 3.63) is 17.8 Å². The average Bonchev–Trinajstić information content (AvgIpc) is 2.25. The van der Waals surface area contributed by atoms with Gasteiger partial charge in [-0.05, 0) is 31.4 Å². The van der Waals surface area contributed by atoms with E-state index in [1.54, 1.807) is 13.1 Å². The summed E-state index contributed by atoms with van der Waals surface area (Å²) in [7, 11) is 0. The van der Waals surface area contributed by atoms with Crippen LogP contribution in [0.4, 0.5) is 5.82 Å². The molecule has 0 aromatic carbocycles. The Hall–Kier alpha value is -1.65. The van der Waals surface area contributed by atoms with Crippen molar-refractivity contribution in [2.75, 3.05) is 11.9 Å². The van der Waals surface area contributed by atoms with E-state index in [0.717, 1.165) is 5.56 Å². The van der Waals surface area contributed by atoms with Gasteiger partial charge in [-0.15, -0.1) is 5.10 Å². The van der Waals surface area contributed by atoms with Crippen LogP contribution in [-0.2, 0) is 4.79 Å². The van der Waals surface area contributed by atoms with Gasteiger partial charge in [0.15, 0.2) is 0 Å². The molecule has 1 amide bonds. The summed E-state index contributed by atoms with van der Waals surface area (Å²) >= 11 is 0. The highest BCUT2D eigenvalue weighted by atomic mass is 16.2. The molecule has 0 saturated heterocycles. The third-order valence-corrected chi connectivity index (χ3v) is 2.23. The number of hydrogen-bond acceptors (Lipinski definition) is 4. The lowest BCUT2D eigenvalue weighted by molar-refractivity contribution is -0.121. The van der Waals surface area contributed by atoms with Crippen LogP contribution in [0.2, 0.25) is 0 Å². The van der Waals surface area contributed by atoms with E-state index in [1.807, 2.05) is 13.0 Å². The van der Waals surface area contributed by atoms with Gasteiger partial charge < -0.3 is 10.6 Å². The van der Waals surface area contributed by atoms with Crippen molar-refractivity contribution in [3.8, 4) is 0 Å². The van der Waals surface area contributed by atoms with E-state index in [9.17, 15) is 4.79 Å². The Kier molecular flexibility index (Phi) is 4.87. The quantitative estimate of drug-likeness (QED) is 0.810. The molecule has 1 unspecified atom stereocenters. The maximum absolute atomic E-state index is 11.7. The summed E-state index contributed by atoms with van der Waals surface area (Å²) in [6.07, 6.45) is 1.68. The molecule has 5 nitrogen and oxygen atoms in total. The molecule has 2 N–H and O–H groups in total. The minimum Gasteiger partial charge on any atom is -0.357 e. The molecule has 0 spiro atoms. The van der Waals surface area contributed by atoms with Crippen LogP contribution >= 0.6 is 0 Å². The molecule has 0 aliphatic heterocycles. The van der Waals surface area contributed by atoms with Crippen molar-refractivity contribution < 1.29 is 4.79 Å². The van der Waals surface area contributed by atoms with Crippen molar-refractivity contribution >= 4 is 11.7 Å². The van der Waals surface area contributed by atoms with Crippen LogP contribution in [0.1, 0.15) is 26.3 Å². The van der Waals surface area contributed by atoms with Crippen molar-refractivity contribution in [1.29, 1.82) is 0 Å². The zero-order valence-corrected chi connectivity index (χ0v) is 10.8. The van der Waals surface area contributed by atoms with E-state index in [2.05, 4.69) is 34.7 Å². The van der Waals surface area contributed by atoms with Gasteiger partial charge in [0.25, 0.3) is 0 Å². The third-order valence-electron chi connectivity index (χ3n) is 2.23. The number of aryl methyl sites for hydroxylation is 1. The number of nitrogens with one attached hydrogen (secondary N) is 2. The van der Waals surface area contributed by atoms with Gasteiger partial charge in [0.05, 0.1) is 6.20 Å². The molecule has 0 aliphatic rings. The summed E-state index contributed by atoms with van der Waals surface area (Å²) in [5.41, 5.74) is 1.01. The van der Waals surface area contributed by atoms with Crippen LogP contribution in [0.25, 0.3) is 0 Å². The number of hydrogen-bond donors (Lipinski definition) is 2. The zero-order chi connectivity index (χ0) is 12.8. The summed E-state index contributed by atoms with van der Waals surface area (Å²) in [5.74, 6) is 1.05. The lowest BCUT2D eigenvalue weighted by atomic mass is 10.2. The van der Waals surface area contributed by atoms with Crippen LogP contribution in [0, 0.1) is 12.8 Å². The predicted octanol–water partition coefficient (Wildman–Crippen LogP) is 1.36. The normalized spacial score (nSPS) is 12.3. The van der Waals surface area contributed by atoms with Crippen LogP contribution in [0.5, 0.6) is 0 Å². The van der Waals surface area contributed by atoms with Gasteiger partial charge in [-0.25, -0.2) is 0 Å². The summed E-state index contributed by atoms with van der Waals surface area (Å²) < 4.78 is 0. The summed E-state index contributed by atoms with van der Waals surface area (Å²) in [6.45, 7) is 8.54. The Bertz CT molecular complexity index is 379. The molecule has 94 valence electrons. The van der Waals surface area contributed by atoms with E-state index in [4.69, 9.17) is 0 Å². The highest BCUT2D eigenvalue weighted by molar-refractivity contribution is 5.83. The molecule has 1 heterocycles. The van der Waals surface area contributed by atoms with E-state index < -0.39 is 0 Å². The fourth-order valence-electron chi connectivity index (χ4n) is 1.28. The highest BCUT2D eigenvalue weighted by Gasteiger charge is 2.13. The van der Waals surface area contributed by atoms with Gasteiger partial charge >= 0.3 is 0 Å². The zero-order valence-electron chi connectivity index (χ0n) is 10.8. The Morgan fingerprint density at radius 2 is 2.12 bits per heavy atom. The second-order valence-electron chi connectivity index (χ2n) is 4.62. The molecule has 0 bridgehead atoms. The first-order valence-electron chi connectivity index (χ1n) is 5.82. The Balaban J connectivity index is 2.48. The van der Waals surface area contributed by atoms with Gasteiger partial charge in [0.1, 0.15) is 11.9 Å². The van der Waals surface area contributed by atoms with Gasteiger partial charge in [-0.3, -0.25) is 4.79 Å². The monoisotopic (exact) mass is 236 g/mol. The summed E-state index contributed by atoms with van der Waals surface area (Å²) in [5, 5.41) is 13.6. The molecule has 1 aromatic rings. The van der Waals surface area contributed by atoms with Gasteiger partial charge in [0.2, 0.25) is 5.91 Å². The Morgan fingerprint density at radius 1 is 1.41 bits per heavy atom. The number of nitrogens with zero attached hydrogens (tertiary/aromatic N) is 2. The molecule has 1 aromatic heterocycles. The van der Waals surface area contributed by atoms with Gasteiger partial charge in [0, 0.05) is 6.54 Å². The Morgan fingerprint density at radius 3 is 2.71 bits per heavy atom. The number of carbonyl (C=O) groups excluding carboxylic acids is 1. The molecule has 5 heteroatoms. The first-order chi connectivity index (χ1) is 7.99. The number of rotatable bonds is 5. The van der Waals surface area contributed by atoms with Crippen molar-refractivity contribution in [1.82, 2.24) is 15.5 Å². The lowest BCUT2D eigenvalue weighted by Crippen LogP contribution is -2.39. The van der Waals surface area contributed by atoms with Crippen LogP contribution in [0.15, 0.2) is 12.3 Å². The van der Waals surface area contributed by atoms with Crippen LogP contribution < -0.4 is 10.6 Å². The van der Waals surface area contributed by atoms with Crippen molar-refractivity contribution in [2.24, 2.45) is 5.92 Å². The smallest absolute Gasteiger partial charge is 0.242 e. The largest absolute Gasteiger partial charge is 0.357 e. The van der Waals surface area contributed by atoms with E-state index in [0.29, 0.717) is 18.3 Å². The first-order valence-corrected chi connectivity index (χ1v) is 5.82. The van der Waals surface area contributed by atoms with Crippen molar-refractivity contribution in [2.45, 2.75) is 33.7 Å². The number of anilines is 1. The number of carbonyl (C=O) groups is 1. The molecular weight excluding hydrogens is 216 g/mol. The third kappa shape index (κ3) is 4.80. The molecule has 0 fully saturated rings. The maximum atomic E-state index is 11.7. The highest BCUT2D eigenvalue weighted by Crippen LogP contribution is 2.05. The molecular formula is C12H20N4O. The molecule has 0 saturated carbocycles. The first kappa shape index (κ1) is 13.4. The topological polar surface area (TPSA) is 66.9 Å². The molecule has 1 rings (SSSR count). The van der Waals surface area contributed by atoms with E-state index >= 15 is 0 Å². The molecule has 17 heavy (non-hydrogen) atoms. The summed E-state index contributed by atoms with van der Waals surface area (Å²) in [4.78, 5) is 11.7. The van der Waals surface area contributed by atoms with Crippen LogP contribution in [0.3, 0.4) is 0 Å². The molecule has 0 aliphatic carbocycles. The van der Waals surface area contributed by atoms with Crippen LogP contribution in [-0.4, -0.2) is 28.7 Å². The fourth-order valence-corrected chi connectivity index (χ4v) is 1.28. The number of amides is 1. The van der Waals surface area contributed by atoms with Gasteiger partial charge in [-0.2, -0.15) is 5.10 Å². The second kappa shape index (κ2) is 6.18. The summed E-state index contributed by atoms with van der Waals surface area (Å²) in [6, 6.07) is 1.55. The minimum absolute atomic E-state index is 0.0259. The van der Waals surface area contributed by atoms with Crippen molar-refractivity contribution in [3.63, 3.8) is 0 Å². The average molecular weight is 236 g/mol. The Labute approximate surface area is 102 Å². The fraction of sp³-hybridized carbons (Fsp3) is 0.583. The maximum Gasteiger partial charge on any atom is 0.242 e. The minimum atomic E-state index is -0.315. The van der Waals surface area contributed by atoms with E-state index in [-0.39, 0.29) is 11.9 Å². The molecule has 1 atom stereocenters. The van der Waals surface area contributed by atoms with E-state index in [1.165, 1.54) is 0 Å². The SMILES string of the molecule is Cc1cnnc(NC(C)C(=O)NCC(C)C)c1. The number of aromatic nitrogens is 2.